The lowest BCUT2D eigenvalue weighted by atomic mass is 10.1. The molecule has 3 rings (SSSR count). The van der Waals surface area contributed by atoms with Crippen LogP contribution in [0.15, 0.2) is 48.7 Å². The molecule has 1 unspecified atom stereocenters. The normalized spacial score (nSPS) is 12.0. The van der Waals surface area contributed by atoms with Crippen molar-refractivity contribution >= 4 is 17.4 Å². The number of hydrogen-bond acceptors (Lipinski definition) is 4. The number of hydrogen-bond donors (Lipinski definition) is 2. The number of rotatable bonds is 6. The second-order valence-electron chi connectivity index (χ2n) is 6.95. The standard InChI is InChI=1S/C24H27N5O/c1-5-6-7-8-9-12-20-19(14-15-21(27-20)28-24(30)18(3)25-4)23-17(2)26-22-13-10-11-16-29(22)23/h6-7,10-11,13-16,18,25H,5,8H2,1-4H3,(H,27,28,30). The first kappa shape index (κ1) is 21.3. The molecule has 0 saturated heterocycles. The summed E-state index contributed by atoms with van der Waals surface area (Å²) in [7, 11) is 1.75. The number of anilines is 1. The van der Waals surface area contributed by atoms with E-state index >= 15 is 0 Å². The van der Waals surface area contributed by atoms with Crippen LogP contribution in [0.1, 0.15) is 38.1 Å². The van der Waals surface area contributed by atoms with Gasteiger partial charge in [0.1, 0.15) is 17.2 Å². The summed E-state index contributed by atoms with van der Waals surface area (Å²) in [5.41, 5.74) is 4.22. The van der Waals surface area contributed by atoms with Crippen LogP contribution in [-0.2, 0) is 4.79 Å². The maximum absolute atomic E-state index is 12.3. The number of allylic oxidation sites excluding steroid dienone is 2. The average molecular weight is 402 g/mol. The van der Waals surface area contributed by atoms with Crippen LogP contribution < -0.4 is 10.6 Å². The van der Waals surface area contributed by atoms with Gasteiger partial charge in [-0.05, 0) is 57.5 Å². The van der Waals surface area contributed by atoms with Crippen LogP contribution in [0.2, 0.25) is 0 Å². The summed E-state index contributed by atoms with van der Waals surface area (Å²) in [6, 6.07) is 9.34. The van der Waals surface area contributed by atoms with Gasteiger partial charge < -0.3 is 10.6 Å². The van der Waals surface area contributed by atoms with E-state index in [-0.39, 0.29) is 11.9 Å². The first-order valence-corrected chi connectivity index (χ1v) is 10.1. The first-order chi connectivity index (χ1) is 14.5. The Morgan fingerprint density at radius 1 is 1.23 bits per heavy atom. The molecule has 0 aliphatic heterocycles. The molecule has 2 N–H and O–H groups in total. The van der Waals surface area contributed by atoms with E-state index in [1.165, 1.54) is 0 Å². The highest BCUT2D eigenvalue weighted by molar-refractivity contribution is 5.94. The van der Waals surface area contributed by atoms with Crippen molar-refractivity contribution in [2.24, 2.45) is 0 Å². The van der Waals surface area contributed by atoms with Crippen molar-refractivity contribution in [1.29, 1.82) is 0 Å². The third-order valence-corrected chi connectivity index (χ3v) is 4.76. The molecule has 30 heavy (non-hydrogen) atoms. The summed E-state index contributed by atoms with van der Waals surface area (Å²) < 4.78 is 2.04. The van der Waals surface area contributed by atoms with Crippen LogP contribution in [0.4, 0.5) is 5.82 Å². The van der Waals surface area contributed by atoms with Gasteiger partial charge >= 0.3 is 0 Å². The fraction of sp³-hybridized carbons (Fsp3) is 0.292. The first-order valence-electron chi connectivity index (χ1n) is 10.1. The molecule has 1 amide bonds. The second kappa shape index (κ2) is 9.86. The zero-order valence-corrected chi connectivity index (χ0v) is 17.9. The van der Waals surface area contributed by atoms with E-state index in [4.69, 9.17) is 0 Å². The average Bonchev–Trinajstić information content (AvgIpc) is 3.08. The summed E-state index contributed by atoms with van der Waals surface area (Å²) >= 11 is 0. The molecule has 0 saturated carbocycles. The Balaban J connectivity index is 2.06. The number of aryl methyl sites for hydroxylation is 1. The van der Waals surface area contributed by atoms with Crippen LogP contribution in [-0.4, -0.2) is 33.4 Å². The Morgan fingerprint density at radius 3 is 2.83 bits per heavy atom. The second-order valence-corrected chi connectivity index (χ2v) is 6.95. The van der Waals surface area contributed by atoms with Gasteiger partial charge in [0.2, 0.25) is 5.91 Å². The molecule has 3 heterocycles. The molecule has 6 heteroatoms. The third-order valence-electron chi connectivity index (χ3n) is 4.76. The number of nitrogens with zero attached hydrogens (tertiary/aromatic N) is 3. The van der Waals surface area contributed by atoms with Crippen molar-refractivity contribution in [2.45, 2.75) is 39.7 Å². The lowest BCUT2D eigenvalue weighted by molar-refractivity contribution is -0.117. The zero-order chi connectivity index (χ0) is 21.5. The molecule has 3 aromatic rings. The van der Waals surface area contributed by atoms with Crippen molar-refractivity contribution in [1.82, 2.24) is 19.7 Å². The van der Waals surface area contributed by atoms with Gasteiger partial charge in [-0.2, -0.15) is 0 Å². The highest BCUT2D eigenvalue weighted by Gasteiger charge is 2.17. The fourth-order valence-electron chi connectivity index (χ4n) is 3.06. The van der Waals surface area contributed by atoms with Gasteiger partial charge in [-0.25, -0.2) is 9.97 Å². The molecule has 154 valence electrons. The Kier molecular flexibility index (Phi) is 6.99. The van der Waals surface area contributed by atoms with Crippen molar-refractivity contribution in [3.8, 4) is 23.1 Å². The van der Waals surface area contributed by atoms with Gasteiger partial charge in [-0.3, -0.25) is 9.20 Å². The molecular formula is C24H27N5O. The van der Waals surface area contributed by atoms with E-state index in [9.17, 15) is 4.79 Å². The van der Waals surface area contributed by atoms with E-state index in [0.717, 1.165) is 29.0 Å². The molecule has 1 atom stereocenters. The number of nitrogens with one attached hydrogen (secondary N) is 2. The Morgan fingerprint density at radius 2 is 2.07 bits per heavy atom. The summed E-state index contributed by atoms with van der Waals surface area (Å²) in [6.45, 7) is 5.87. The highest BCUT2D eigenvalue weighted by Crippen LogP contribution is 2.28. The predicted molar refractivity (Wildman–Crippen MR) is 121 cm³/mol. The van der Waals surface area contributed by atoms with Gasteiger partial charge in [-0.1, -0.05) is 31.1 Å². The van der Waals surface area contributed by atoms with Crippen LogP contribution >= 0.6 is 0 Å². The maximum Gasteiger partial charge on any atom is 0.242 e. The molecule has 0 aliphatic carbocycles. The number of pyridine rings is 2. The molecule has 0 bridgehead atoms. The minimum absolute atomic E-state index is 0.145. The van der Waals surface area contributed by atoms with Gasteiger partial charge in [-0.15, -0.1) is 0 Å². The number of carbonyl (C=O) groups excluding carboxylic acids is 1. The molecule has 3 aromatic heterocycles. The van der Waals surface area contributed by atoms with E-state index in [1.807, 2.05) is 47.9 Å². The number of carbonyl (C=O) groups is 1. The summed E-state index contributed by atoms with van der Waals surface area (Å²) in [5.74, 6) is 6.69. The number of aromatic nitrogens is 3. The quantitative estimate of drug-likeness (QED) is 0.484. The number of likely N-dealkylation sites (N-methyl/N-ethyl adjacent to an activating group) is 1. The van der Waals surface area contributed by atoms with Crippen LogP contribution in [0.5, 0.6) is 0 Å². The van der Waals surface area contributed by atoms with Crippen molar-refractivity contribution in [2.75, 3.05) is 12.4 Å². The molecule has 0 radical (unpaired) electrons. The molecule has 0 aliphatic rings. The molecule has 6 nitrogen and oxygen atoms in total. The summed E-state index contributed by atoms with van der Waals surface area (Å²) in [4.78, 5) is 21.6. The Bertz CT molecular complexity index is 1130. The minimum Gasteiger partial charge on any atom is -0.309 e. The zero-order valence-electron chi connectivity index (χ0n) is 17.9. The van der Waals surface area contributed by atoms with Crippen LogP contribution in [0, 0.1) is 18.8 Å². The largest absolute Gasteiger partial charge is 0.309 e. The lowest BCUT2D eigenvalue weighted by Gasteiger charge is -2.12. The highest BCUT2D eigenvalue weighted by atomic mass is 16.2. The van der Waals surface area contributed by atoms with Crippen molar-refractivity contribution < 1.29 is 4.79 Å². The lowest BCUT2D eigenvalue weighted by Crippen LogP contribution is -2.35. The third kappa shape index (κ3) is 4.76. The van der Waals surface area contributed by atoms with E-state index in [1.54, 1.807) is 20.0 Å². The SMILES string of the molecule is CCC=CCC#Cc1nc(NC(=O)C(C)NC)ccc1-c1c(C)nc2ccccn12. The van der Waals surface area contributed by atoms with Gasteiger partial charge in [0.25, 0.3) is 0 Å². The predicted octanol–water partition coefficient (Wildman–Crippen LogP) is 3.96. The maximum atomic E-state index is 12.3. The van der Waals surface area contributed by atoms with Gasteiger partial charge in [0.15, 0.2) is 0 Å². The Hall–Kier alpha value is -3.43. The van der Waals surface area contributed by atoms with Crippen LogP contribution in [0.25, 0.3) is 16.9 Å². The van der Waals surface area contributed by atoms with Gasteiger partial charge in [0.05, 0.1) is 17.4 Å². The van der Waals surface area contributed by atoms with Gasteiger partial charge in [0, 0.05) is 18.2 Å². The molecule has 0 spiro atoms. The fourth-order valence-corrected chi connectivity index (χ4v) is 3.06. The molecule has 0 aromatic carbocycles. The summed E-state index contributed by atoms with van der Waals surface area (Å²) in [5, 5.41) is 5.78. The van der Waals surface area contributed by atoms with E-state index in [2.05, 4.69) is 45.4 Å². The number of amides is 1. The monoisotopic (exact) mass is 401 g/mol. The van der Waals surface area contributed by atoms with Crippen molar-refractivity contribution in [3.05, 3.63) is 60.1 Å². The van der Waals surface area contributed by atoms with Crippen molar-refractivity contribution in [3.63, 3.8) is 0 Å². The molecular weight excluding hydrogens is 374 g/mol. The minimum atomic E-state index is -0.318. The molecule has 0 fully saturated rings. The Labute approximate surface area is 177 Å². The topological polar surface area (TPSA) is 71.3 Å². The summed E-state index contributed by atoms with van der Waals surface area (Å²) in [6.07, 6.45) is 7.75. The smallest absolute Gasteiger partial charge is 0.242 e. The van der Waals surface area contributed by atoms with E-state index < -0.39 is 0 Å². The number of fused-ring (bicyclic) bond motifs is 1. The van der Waals surface area contributed by atoms with E-state index in [0.29, 0.717) is 17.9 Å². The van der Waals surface area contributed by atoms with Crippen LogP contribution in [0.3, 0.4) is 0 Å². The number of imidazole rings is 1.